The minimum Gasteiger partial charge on any atom is -0.314 e. The summed E-state index contributed by atoms with van der Waals surface area (Å²) in [5.41, 5.74) is 0.436. The summed E-state index contributed by atoms with van der Waals surface area (Å²) in [6, 6.07) is 0.715. The van der Waals surface area contributed by atoms with Gasteiger partial charge in [-0.3, -0.25) is 0 Å². The van der Waals surface area contributed by atoms with Gasteiger partial charge in [-0.25, -0.2) is 0 Å². The van der Waals surface area contributed by atoms with Crippen molar-refractivity contribution in [1.82, 2.24) is 10.2 Å². The van der Waals surface area contributed by atoms with Crippen LogP contribution in [-0.2, 0) is 0 Å². The van der Waals surface area contributed by atoms with E-state index in [1.807, 2.05) is 0 Å². The molecule has 13 heavy (non-hydrogen) atoms. The van der Waals surface area contributed by atoms with E-state index in [0.717, 1.165) is 0 Å². The molecule has 0 spiro atoms. The van der Waals surface area contributed by atoms with E-state index in [1.54, 1.807) is 0 Å². The predicted octanol–water partition coefficient (Wildman–Crippen LogP) is 1.86. The number of hydrogen-bond donors (Lipinski definition) is 1. The molecule has 0 unspecified atom stereocenters. The Bertz CT molecular complexity index is 140. The van der Waals surface area contributed by atoms with Crippen molar-refractivity contribution in [3.63, 3.8) is 0 Å². The molecule has 1 N–H and O–H groups in total. The average molecular weight is 184 g/mol. The second kappa shape index (κ2) is 4.43. The highest BCUT2D eigenvalue weighted by atomic mass is 15.2. The Kier molecular flexibility index (Phi) is 3.74. The first-order valence-corrected chi connectivity index (χ1v) is 5.56. The first kappa shape index (κ1) is 11.0. The molecule has 2 nitrogen and oxygen atoms in total. The molecule has 0 saturated carbocycles. The van der Waals surface area contributed by atoms with Crippen LogP contribution in [0.4, 0.5) is 0 Å². The standard InChI is InChI=1S/C11H24N2/c1-5-11(12-4)6-8-13(9-7-11)10(2)3/h10,12H,5-9H2,1-4H3. The Morgan fingerprint density at radius 3 is 2.15 bits per heavy atom. The van der Waals surface area contributed by atoms with E-state index < -0.39 is 0 Å². The second-order valence-electron chi connectivity index (χ2n) is 4.51. The van der Waals surface area contributed by atoms with Crippen LogP contribution in [0.3, 0.4) is 0 Å². The lowest BCUT2D eigenvalue weighted by Crippen LogP contribution is -2.52. The zero-order valence-corrected chi connectivity index (χ0v) is 9.56. The Morgan fingerprint density at radius 1 is 1.31 bits per heavy atom. The van der Waals surface area contributed by atoms with Crippen LogP contribution in [-0.4, -0.2) is 36.6 Å². The van der Waals surface area contributed by atoms with Crippen molar-refractivity contribution in [2.75, 3.05) is 20.1 Å². The highest BCUT2D eigenvalue weighted by Gasteiger charge is 2.31. The lowest BCUT2D eigenvalue weighted by atomic mass is 9.85. The average Bonchev–Trinajstić information content (AvgIpc) is 2.18. The van der Waals surface area contributed by atoms with Gasteiger partial charge in [0, 0.05) is 24.7 Å². The van der Waals surface area contributed by atoms with E-state index in [-0.39, 0.29) is 0 Å². The lowest BCUT2D eigenvalue weighted by Gasteiger charge is -2.42. The minimum atomic E-state index is 0.436. The Hall–Kier alpha value is -0.0800. The van der Waals surface area contributed by atoms with Crippen LogP contribution in [0.2, 0.25) is 0 Å². The summed E-state index contributed by atoms with van der Waals surface area (Å²) in [4.78, 5) is 2.57. The minimum absolute atomic E-state index is 0.436. The van der Waals surface area contributed by atoms with Crippen LogP contribution in [0.25, 0.3) is 0 Å². The molecule has 0 radical (unpaired) electrons. The largest absolute Gasteiger partial charge is 0.314 e. The maximum Gasteiger partial charge on any atom is 0.0200 e. The first-order valence-electron chi connectivity index (χ1n) is 5.56. The van der Waals surface area contributed by atoms with Gasteiger partial charge in [-0.1, -0.05) is 6.92 Å². The summed E-state index contributed by atoms with van der Waals surface area (Å²) < 4.78 is 0. The molecule has 0 aromatic heterocycles. The van der Waals surface area contributed by atoms with E-state index in [4.69, 9.17) is 0 Å². The van der Waals surface area contributed by atoms with Crippen LogP contribution in [0.5, 0.6) is 0 Å². The van der Waals surface area contributed by atoms with Crippen LogP contribution < -0.4 is 5.32 Å². The Balaban J connectivity index is 2.45. The van der Waals surface area contributed by atoms with Crippen molar-refractivity contribution in [2.45, 2.75) is 51.6 Å². The zero-order chi connectivity index (χ0) is 9.90. The molecular weight excluding hydrogens is 160 g/mol. The highest BCUT2D eigenvalue weighted by molar-refractivity contribution is 4.91. The summed E-state index contributed by atoms with van der Waals surface area (Å²) in [5, 5.41) is 3.50. The van der Waals surface area contributed by atoms with Gasteiger partial charge in [0.1, 0.15) is 0 Å². The molecule has 0 bridgehead atoms. The van der Waals surface area contributed by atoms with Crippen molar-refractivity contribution < 1.29 is 0 Å². The molecule has 0 amide bonds. The molecule has 0 aromatic carbocycles. The number of nitrogens with one attached hydrogen (secondary N) is 1. The Labute approximate surface area is 82.7 Å². The topological polar surface area (TPSA) is 15.3 Å². The maximum absolute atomic E-state index is 3.50. The molecule has 0 atom stereocenters. The van der Waals surface area contributed by atoms with Gasteiger partial charge in [0.05, 0.1) is 0 Å². The van der Waals surface area contributed by atoms with Crippen molar-refractivity contribution in [3.8, 4) is 0 Å². The summed E-state index contributed by atoms with van der Waals surface area (Å²) in [7, 11) is 2.11. The van der Waals surface area contributed by atoms with Crippen molar-refractivity contribution >= 4 is 0 Å². The smallest absolute Gasteiger partial charge is 0.0200 e. The van der Waals surface area contributed by atoms with E-state index in [9.17, 15) is 0 Å². The van der Waals surface area contributed by atoms with Crippen LogP contribution >= 0.6 is 0 Å². The summed E-state index contributed by atoms with van der Waals surface area (Å²) in [6.07, 6.45) is 3.87. The maximum atomic E-state index is 3.50. The molecule has 1 aliphatic rings. The number of nitrogens with zero attached hydrogens (tertiary/aromatic N) is 1. The van der Waals surface area contributed by atoms with Crippen LogP contribution in [0.15, 0.2) is 0 Å². The SMILES string of the molecule is CCC1(NC)CCN(C(C)C)CC1. The fourth-order valence-electron chi connectivity index (χ4n) is 2.25. The van der Waals surface area contributed by atoms with Crippen molar-refractivity contribution in [2.24, 2.45) is 0 Å². The number of rotatable bonds is 3. The summed E-state index contributed by atoms with van der Waals surface area (Å²) in [6.45, 7) is 9.39. The predicted molar refractivity (Wildman–Crippen MR) is 58.0 cm³/mol. The molecule has 78 valence electrons. The van der Waals surface area contributed by atoms with Crippen molar-refractivity contribution in [1.29, 1.82) is 0 Å². The first-order chi connectivity index (χ1) is 6.13. The Morgan fingerprint density at radius 2 is 1.85 bits per heavy atom. The second-order valence-corrected chi connectivity index (χ2v) is 4.51. The number of hydrogen-bond acceptors (Lipinski definition) is 2. The monoisotopic (exact) mass is 184 g/mol. The third-order valence-corrected chi connectivity index (χ3v) is 3.69. The molecule has 0 aromatic rings. The summed E-state index contributed by atoms with van der Waals surface area (Å²) >= 11 is 0. The van der Waals surface area contributed by atoms with E-state index in [0.29, 0.717) is 11.6 Å². The van der Waals surface area contributed by atoms with Crippen molar-refractivity contribution in [3.05, 3.63) is 0 Å². The van der Waals surface area contributed by atoms with Crippen LogP contribution in [0.1, 0.15) is 40.0 Å². The zero-order valence-electron chi connectivity index (χ0n) is 9.56. The van der Waals surface area contributed by atoms with Gasteiger partial charge in [-0.05, 0) is 40.2 Å². The van der Waals surface area contributed by atoms with Gasteiger partial charge in [0.15, 0.2) is 0 Å². The van der Waals surface area contributed by atoms with Gasteiger partial charge in [0.25, 0.3) is 0 Å². The quantitative estimate of drug-likeness (QED) is 0.720. The molecule has 1 heterocycles. The normalized spacial score (nSPS) is 23.8. The fraction of sp³-hybridized carbons (Fsp3) is 1.00. The van der Waals surface area contributed by atoms with Gasteiger partial charge in [0.2, 0.25) is 0 Å². The van der Waals surface area contributed by atoms with Gasteiger partial charge in [-0.15, -0.1) is 0 Å². The molecule has 2 heteroatoms. The van der Waals surface area contributed by atoms with E-state index in [1.165, 1.54) is 32.4 Å². The third-order valence-electron chi connectivity index (χ3n) is 3.69. The van der Waals surface area contributed by atoms with Gasteiger partial charge >= 0.3 is 0 Å². The van der Waals surface area contributed by atoms with E-state index in [2.05, 4.69) is 38.0 Å². The molecule has 1 aliphatic heterocycles. The van der Waals surface area contributed by atoms with Crippen LogP contribution in [0, 0.1) is 0 Å². The third kappa shape index (κ3) is 2.44. The molecule has 0 aliphatic carbocycles. The molecule has 1 fully saturated rings. The fourth-order valence-corrected chi connectivity index (χ4v) is 2.25. The van der Waals surface area contributed by atoms with Gasteiger partial charge in [-0.2, -0.15) is 0 Å². The molecule has 1 saturated heterocycles. The van der Waals surface area contributed by atoms with Gasteiger partial charge < -0.3 is 10.2 Å². The lowest BCUT2D eigenvalue weighted by molar-refractivity contribution is 0.112. The highest BCUT2D eigenvalue weighted by Crippen LogP contribution is 2.25. The number of likely N-dealkylation sites (tertiary alicyclic amines) is 1. The summed E-state index contributed by atoms with van der Waals surface area (Å²) in [5.74, 6) is 0. The molecule has 1 rings (SSSR count). The number of piperidine rings is 1. The van der Waals surface area contributed by atoms with E-state index >= 15 is 0 Å². The molecular formula is C11H24N2.